The molecule has 0 spiro atoms. The Morgan fingerprint density at radius 2 is 0.909 bits per heavy atom. The van der Waals surface area contributed by atoms with Crippen molar-refractivity contribution in [2.24, 2.45) is 29.6 Å². The third-order valence-electron chi connectivity index (χ3n) is 15.9. The van der Waals surface area contributed by atoms with Gasteiger partial charge in [-0.1, -0.05) is 209 Å². The van der Waals surface area contributed by atoms with Crippen LogP contribution in [-0.4, -0.2) is 136 Å². The minimum Gasteiger partial charge on any atom is -0.455 e. The van der Waals surface area contributed by atoms with E-state index in [0.29, 0.717) is 24.7 Å². The van der Waals surface area contributed by atoms with Crippen LogP contribution >= 0.6 is 0 Å². The topological polar surface area (TPSA) is 265 Å². The lowest BCUT2D eigenvalue weighted by atomic mass is 9.82. The minimum absolute atomic E-state index is 0.0280. The van der Waals surface area contributed by atoms with E-state index in [4.69, 9.17) is 23.7 Å². The molecule has 2 fully saturated rings. The summed E-state index contributed by atoms with van der Waals surface area (Å²) in [6.07, 6.45) is 16.3. The highest BCUT2D eigenvalue weighted by molar-refractivity contribution is 7.80. The van der Waals surface area contributed by atoms with Gasteiger partial charge in [-0.25, -0.2) is 4.18 Å². The molecule has 0 aliphatic carbocycles. The predicted octanol–water partition coefficient (Wildman–Crippen LogP) is 10.6. The summed E-state index contributed by atoms with van der Waals surface area (Å²) >= 11 is 0. The van der Waals surface area contributed by atoms with Gasteiger partial charge in [-0.05, 0) is 62.2 Å². The monoisotopic (exact) mass is 1120 g/mol. The molecule has 456 valence electrons. The first-order valence-electron chi connectivity index (χ1n) is 30.7. The number of aliphatic hydroxyl groups is 6. The smallest absolute Gasteiger partial charge is 0.397 e. The van der Waals surface area contributed by atoms with Gasteiger partial charge in [0.15, 0.2) is 24.6 Å². The van der Waals surface area contributed by atoms with Crippen molar-refractivity contribution in [3.05, 3.63) is 0 Å². The Morgan fingerprint density at radius 1 is 0.506 bits per heavy atom. The molecular weight excluding hydrogens is 1010 g/mol. The van der Waals surface area contributed by atoms with Gasteiger partial charge in [0.25, 0.3) is 0 Å². The van der Waals surface area contributed by atoms with Gasteiger partial charge < -0.3 is 54.3 Å². The van der Waals surface area contributed by atoms with E-state index < -0.39 is 103 Å². The standard InChI is InChI=1S/C59H112O17S/c1-8-10-12-14-16-18-20-22-24-26-28-30-32-34-47(62)45(6)38-43(4)36-42(3)37-44(5)39-46(7)57(67)74-56-54(73-50(63)35-33-31-29-27-25-23-21-19-17-15-13-11-9-2)52(65)49(41-61)72-59(56)75-58-55(76-77(68,69)70)53(66)51(64)48(40-60)71-58/h42-49,51-56,58-62,64-66H,8-41H2,1-7H3,(H,68,69,70)/t42-,43+,44-,45+,46+,47-,48+,49-,51+,52-,53-,54+,55+,56-,58+,59-/m0/s1. The number of esters is 2. The first-order chi connectivity index (χ1) is 36.8. The lowest BCUT2D eigenvalue weighted by Crippen LogP contribution is -2.65. The summed E-state index contributed by atoms with van der Waals surface area (Å²) in [4.78, 5) is 27.6. The van der Waals surface area contributed by atoms with Crippen LogP contribution in [0.25, 0.3) is 0 Å². The van der Waals surface area contributed by atoms with Gasteiger partial charge in [0.05, 0.1) is 25.2 Å². The third kappa shape index (κ3) is 30.4. The number of hydrogen-bond acceptors (Lipinski definition) is 16. The summed E-state index contributed by atoms with van der Waals surface area (Å²) in [6, 6.07) is 0. The van der Waals surface area contributed by atoms with Crippen molar-refractivity contribution in [2.45, 2.75) is 321 Å². The van der Waals surface area contributed by atoms with Crippen molar-refractivity contribution in [1.82, 2.24) is 0 Å². The average molecular weight is 1130 g/mol. The van der Waals surface area contributed by atoms with Gasteiger partial charge in [-0.2, -0.15) is 8.42 Å². The van der Waals surface area contributed by atoms with Crippen LogP contribution in [0.4, 0.5) is 0 Å². The Kier molecular flexibility index (Phi) is 38.5. The molecular formula is C59H112O17S. The van der Waals surface area contributed by atoms with Crippen LogP contribution in [0.3, 0.4) is 0 Å². The molecule has 0 saturated carbocycles. The molecule has 2 aliphatic heterocycles. The van der Waals surface area contributed by atoms with Crippen LogP contribution in [0.1, 0.15) is 254 Å². The van der Waals surface area contributed by atoms with Gasteiger partial charge in [0, 0.05) is 6.42 Å². The Balaban J connectivity index is 2.04. The molecule has 2 heterocycles. The highest BCUT2D eigenvalue weighted by atomic mass is 32.3. The summed E-state index contributed by atoms with van der Waals surface area (Å²) in [5.41, 5.74) is 0. The summed E-state index contributed by atoms with van der Waals surface area (Å²) < 4.78 is 67.2. The summed E-state index contributed by atoms with van der Waals surface area (Å²) in [5, 5.41) is 64.1. The van der Waals surface area contributed by atoms with E-state index in [1.165, 1.54) is 122 Å². The highest BCUT2D eigenvalue weighted by Crippen LogP contribution is 2.35. The molecule has 2 aliphatic rings. The maximum atomic E-state index is 14.1. The summed E-state index contributed by atoms with van der Waals surface area (Å²) in [7, 11) is -5.32. The molecule has 18 heteroatoms. The van der Waals surface area contributed by atoms with Crippen LogP contribution in [0.15, 0.2) is 0 Å². The van der Waals surface area contributed by atoms with E-state index in [1.54, 1.807) is 6.92 Å². The second kappa shape index (κ2) is 41.4. The van der Waals surface area contributed by atoms with E-state index in [1.807, 2.05) is 6.92 Å². The van der Waals surface area contributed by atoms with Gasteiger partial charge in [0.1, 0.15) is 30.5 Å². The Morgan fingerprint density at radius 3 is 1.36 bits per heavy atom. The van der Waals surface area contributed by atoms with E-state index in [2.05, 4.69) is 38.8 Å². The molecule has 17 nitrogen and oxygen atoms in total. The van der Waals surface area contributed by atoms with Crippen LogP contribution < -0.4 is 0 Å². The normalized spacial score (nSPS) is 26.4. The van der Waals surface area contributed by atoms with E-state index in [-0.39, 0.29) is 24.4 Å². The summed E-state index contributed by atoms with van der Waals surface area (Å²) in [5.74, 6) is -1.29. The molecule has 7 N–H and O–H groups in total. The third-order valence-corrected chi connectivity index (χ3v) is 16.4. The Labute approximate surface area is 466 Å². The number of carbonyl (C=O) groups excluding carboxylic acids is 2. The summed E-state index contributed by atoms with van der Waals surface area (Å²) in [6.45, 7) is 13.0. The van der Waals surface area contributed by atoms with Gasteiger partial charge in [-0.3, -0.25) is 14.1 Å². The maximum Gasteiger partial charge on any atom is 0.397 e. The van der Waals surface area contributed by atoms with Crippen LogP contribution in [0.2, 0.25) is 0 Å². The largest absolute Gasteiger partial charge is 0.455 e. The molecule has 0 bridgehead atoms. The van der Waals surface area contributed by atoms with Crippen molar-refractivity contribution >= 4 is 22.3 Å². The molecule has 0 aromatic carbocycles. The number of ether oxygens (including phenoxy) is 5. The van der Waals surface area contributed by atoms with Crippen molar-refractivity contribution in [2.75, 3.05) is 13.2 Å². The van der Waals surface area contributed by atoms with Crippen molar-refractivity contribution < 1.29 is 81.1 Å². The number of carbonyl (C=O) groups is 2. The molecule has 0 unspecified atom stereocenters. The van der Waals surface area contributed by atoms with Crippen molar-refractivity contribution in [3.8, 4) is 0 Å². The SMILES string of the molecule is CCCCCCCCCCCCCCCC(=O)O[C@@H]1[C@@H](O)[C@H](CO)O[C@@H](O[C@H]2O[C@H](CO)[C@@H](O)[C@H](O)[C@H]2OS(=O)(=O)O)[C@H]1OC(=O)[C@H](C)C[C@@H](C)C[C@@H](C)C[C@@H](C)C[C@@H](C)[C@@H](O)CCCCCCCCCCCCCCC. The van der Waals surface area contributed by atoms with Crippen LogP contribution in [0.5, 0.6) is 0 Å². The minimum atomic E-state index is -5.32. The van der Waals surface area contributed by atoms with Gasteiger partial charge in [-0.15, -0.1) is 0 Å². The highest BCUT2D eigenvalue weighted by Gasteiger charge is 2.55. The molecule has 77 heavy (non-hydrogen) atoms. The lowest BCUT2D eigenvalue weighted by molar-refractivity contribution is -0.374. The second-order valence-corrected chi connectivity index (χ2v) is 24.7. The van der Waals surface area contributed by atoms with Crippen molar-refractivity contribution in [1.29, 1.82) is 0 Å². The Bertz CT molecular complexity index is 1610. The second-order valence-electron chi connectivity index (χ2n) is 23.6. The van der Waals surface area contributed by atoms with Crippen molar-refractivity contribution in [3.63, 3.8) is 0 Å². The molecule has 2 rings (SSSR count). The number of aliphatic hydroxyl groups excluding tert-OH is 6. The fourth-order valence-electron chi connectivity index (χ4n) is 11.5. The quantitative estimate of drug-likeness (QED) is 0.0170. The van der Waals surface area contributed by atoms with Crippen LogP contribution in [-0.2, 0) is 47.9 Å². The molecule has 16 atom stereocenters. The Hall–Kier alpha value is -1.55. The maximum absolute atomic E-state index is 14.1. The number of unbranched alkanes of at least 4 members (excludes halogenated alkanes) is 24. The van der Waals surface area contributed by atoms with E-state index >= 15 is 0 Å². The number of hydrogen-bond donors (Lipinski definition) is 7. The van der Waals surface area contributed by atoms with Gasteiger partial charge >= 0.3 is 22.3 Å². The number of rotatable bonds is 46. The zero-order chi connectivity index (χ0) is 57.2. The van der Waals surface area contributed by atoms with E-state index in [9.17, 15) is 53.2 Å². The first-order valence-corrected chi connectivity index (χ1v) is 32.1. The first kappa shape index (κ1) is 71.6. The molecule has 0 radical (unpaired) electrons. The van der Waals surface area contributed by atoms with E-state index in [0.717, 1.165) is 64.2 Å². The fraction of sp³-hybridized carbons (Fsp3) is 0.966. The average Bonchev–Trinajstić information content (AvgIpc) is 3.37. The molecule has 2 saturated heterocycles. The predicted molar refractivity (Wildman–Crippen MR) is 298 cm³/mol. The molecule has 0 aromatic heterocycles. The fourth-order valence-corrected chi connectivity index (χ4v) is 12.0. The zero-order valence-corrected chi connectivity index (χ0v) is 49.7. The molecule has 0 amide bonds. The van der Waals surface area contributed by atoms with Gasteiger partial charge in [0.2, 0.25) is 6.29 Å². The lowest BCUT2D eigenvalue weighted by Gasteiger charge is -2.46. The van der Waals surface area contributed by atoms with Crippen LogP contribution in [0, 0.1) is 29.6 Å². The molecule has 0 aromatic rings. The zero-order valence-electron chi connectivity index (χ0n) is 48.9.